The van der Waals surface area contributed by atoms with Gasteiger partial charge in [0.25, 0.3) is 5.91 Å². The van der Waals surface area contributed by atoms with Crippen LogP contribution in [0.2, 0.25) is 0 Å². The molecule has 1 N–H and O–H groups in total. The first-order valence-electron chi connectivity index (χ1n) is 8.87. The molecule has 2 fully saturated rings. The van der Waals surface area contributed by atoms with Gasteiger partial charge >= 0.3 is 0 Å². The fourth-order valence-electron chi connectivity index (χ4n) is 4.01. The number of likely N-dealkylation sites (tertiary alicyclic amines) is 2. The summed E-state index contributed by atoms with van der Waals surface area (Å²) in [5.41, 5.74) is 1.64. The lowest BCUT2D eigenvalue weighted by atomic mass is 10.0. The average Bonchev–Trinajstić information content (AvgIpc) is 3.26. The molecule has 2 saturated heterocycles. The van der Waals surface area contributed by atoms with E-state index in [9.17, 15) is 14.0 Å². The molecular formula is C19H22FN3O2. The number of amides is 2. The number of H-pyrrole nitrogens is 1. The minimum absolute atomic E-state index is 0.0318. The summed E-state index contributed by atoms with van der Waals surface area (Å²) in [5.74, 6) is -0.0614. The molecule has 2 aromatic rings. The standard InChI is InChI=1S/C19H22FN3O2/c20-11-13-9-18(24)23(12-13)16-4-7-22(8-5-16)19(25)15-2-1-14-3-6-21-17(14)10-15/h1-3,6,10,13,16,21H,4-5,7-9,11-12H2. The number of benzene rings is 1. The van der Waals surface area contributed by atoms with Gasteiger partial charge in [-0.05, 0) is 36.4 Å². The number of nitrogens with zero attached hydrogens (tertiary/aromatic N) is 2. The lowest BCUT2D eigenvalue weighted by Gasteiger charge is -2.37. The summed E-state index contributed by atoms with van der Waals surface area (Å²) < 4.78 is 12.8. The topological polar surface area (TPSA) is 56.4 Å². The predicted octanol–water partition coefficient (Wildman–Crippen LogP) is 2.59. The van der Waals surface area contributed by atoms with Crippen LogP contribution in [0, 0.1) is 5.92 Å². The van der Waals surface area contributed by atoms with Crippen molar-refractivity contribution in [1.82, 2.24) is 14.8 Å². The van der Waals surface area contributed by atoms with Crippen molar-refractivity contribution < 1.29 is 14.0 Å². The van der Waals surface area contributed by atoms with Crippen LogP contribution in [0.4, 0.5) is 4.39 Å². The highest BCUT2D eigenvalue weighted by Crippen LogP contribution is 2.26. The Bertz CT molecular complexity index is 795. The third-order valence-electron chi connectivity index (χ3n) is 5.45. The van der Waals surface area contributed by atoms with Gasteiger partial charge in [-0.2, -0.15) is 0 Å². The van der Waals surface area contributed by atoms with Crippen LogP contribution in [-0.2, 0) is 4.79 Å². The quantitative estimate of drug-likeness (QED) is 0.931. The van der Waals surface area contributed by atoms with Gasteiger partial charge < -0.3 is 14.8 Å². The molecule has 1 aromatic carbocycles. The molecule has 5 nitrogen and oxygen atoms in total. The zero-order chi connectivity index (χ0) is 17.4. The van der Waals surface area contributed by atoms with Crippen molar-refractivity contribution in [2.45, 2.75) is 25.3 Å². The van der Waals surface area contributed by atoms with Crippen LogP contribution in [0.5, 0.6) is 0 Å². The molecule has 1 unspecified atom stereocenters. The van der Waals surface area contributed by atoms with Gasteiger partial charge in [0.2, 0.25) is 5.91 Å². The molecule has 0 aliphatic carbocycles. The first-order chi connectivity index (χ1) is 12.2. The second-order valence-corrected chi connectivity index (χ2v) is 7.07. The largest absolute Gasteiger partial charge is 0.361 e. The number of aromatic nitrogens is 1. The maximum absolute atomic E-state index is 12.8. The molecule has 1 aromatic heterocycles. The Morgan fingerprint density at radius 2 is 2.04 bits per heavy atom. The second-order valence-electron chi connectivity index (χ2n) is 7.07. The molecule has 2 aliphatic heterocycles. The maximum Gasteiger partial charge on any atom is 0.253 e. The molecule has 0 bridgehead atoms. The van der Waals surface area contributed by atoms with Crippen molar-refractivity contribution in [1.29, 1.82) is 0 Å². The van der Waals surface area contributed by atoms with Crippen molar-refractivity contribution in [3.63, 3.8) is 0 Å². The summed E-state index contributed by atoms with van der Waals surface area (Å²) in [5, 5.41) is 1.09. The van der Waals surface area contributed by atoms with E-state index in [4.69, 9.17) is 0 Å². The van der Waals surface area contributed by atoms with Crippen molar-refractivity contribution >= 4 is 22.7 Å². The highest BCUT2D eigenvalue weighted by Gasteiger charge is 2.36. The minimum atomic E-state index is -0.430. The number of halogens is 1. The smallest absolute Gasteiger partial charge is 0.253 e. The van der Waals surface area contributed by atoms with Gasteiger partial charge in [-0.25, -0.2) is 0 Å². The van der Waals surface area contributed by atoms with Gasteiger partial charge in [-0.15, -0.1) is 0 Å². The number of hydrogen-bond acceptors (Lipinski definition) is 2. The van der Waals surface area contributed by atoms with E-state index in [1.165, 1.54) is 0 Å². The molecule has 3 heterocycles. The molecule has 6 heteroatoms. The molecule has 25 heavy (non-hydrogen) atoms. The van der Waals surface area contributed by atoms with E-state index < -0.39 is 6.67 Å². The maximum atomic E-state index is 12.8. The summed E-state index contributed by atoms with van der Waals surface area (Å²) in [6.07, 6.45) is 3.72. The Labute approximate surface area is 145 Å². The van der Waals surface area contributed by atoms with E-state index in [0.29, 0.717) is 31.6 Å². The van der Waals surface area contributed by atoms with Crippen LogP contribution in [0.25, 0.3) is 10.9 Å². The first kappa shape index (κ1) is 16.1. The zero-order valence-electron chi connectivity index (χ0n) is 14.1. The van der Waals surface area contributed by atoms with Crippen molar-refractivity contribution in [3.8, 4) is 0 Å². The predicted molar refractivity (Wildman–Crippen MR) is 93.0 cm³/mol. The van der Waals surface area contributed by atoms with Crippen molar-refractivity contribution in [2.75, 3.05) is 26.3 Å². The third kappa shape index (κ3) is 3.01. The Morgan fingerprint density at radius 3 is 2.76 bits per heavy atom. The van der Waals surface area contributed by atoms with E-state index in [1.807, 2.05) is 40.3 Å². The van der Waals surface area contributed by atoms with Gasteiger partial charge in [0.1, 0.15) is 0 Å². The molecule has 0 spiro atoms. The Hall–Kier alpha value is -2.37. The molecule has 2 amide bonds. The lowest BCUT2D eigenvalue weighted by molar-refractivity contribution is -0.130. The van der Waals surface area contributed by atoms with Crippen LogP contribution in [0.15, 0.2) is 30.5 Å². The summed E-state index contributed by atoms with van der Waals surface area (Å²) in [6.45, 7) is 1.37. The van der Waals surface area contributed by atoms with Crippen LogP contribution in [0.1, 0.15) is 29.6 Å². The van der Waals surface area contributed by atoms with Crippen LogP contribution < -0.4 is 0 Å². The molecule has 0 saturated carbocycles. The minimum Gasteiger partial charge on any atom is -0.361 e. The van der Waals surface area contributed by atoms with E-state index in [2.05, 4.69) is 4.98 Å². The molecule has 2 aliphatic rings. The number of aromatic amines is 1. The van der Waals surface area contributed by atoms with Gasteiger partial charge in [0, 0.05) is 55.3 Å². The molecule has 132 valence electrons. The fraction of sp³-hybridized carbons (Fsp3) is 0.474. The monoisotopic (exact) mass is 343 g/mol. The summed E-state index contributed by atoms with van der Waals surface area (Å²) in [4.78, 5) is 31.6. The highest BCUT2D eigenvalue weighted by molar-refractivity contribution is 5.98. The Kier molecular flexibility index (Phi) is 4.19. The molecule has 0 radical (unpaired) electrons. The normalized spacial score (nSPS) is 22.1. The number of alkyl halides is 1. The molecule has 4 rings (SSSR count). The van der Waals surface area contributed by atoms with E-state index in [0.717, 1.165) is 23.7 Å². The number of rotatable bonds is 3. The third-order valence-corrected chi connectivity index (χ3v) is 5.45. The van der Waals surface area contributed by atoms with Crippen molar-refractivity contribution in [2.24, 2.45) is 5.92 Å². The number of hydrogen-bond donors (Lipinski definition) is 1. The zero-order valence-corrected chi connectivity index (χ0v) is 14.1. The SMILES string of the molecule is O=C(c1ccc2cc[nH]c2c1)N1CCC(N2CC(CF)CC2=O)CC1. The summed E-state index contributed by atoms with van der Waals surface area (Å²) >= 11 is 0. The van der Waals surface area contributed by atoms with Crippen LogP contribution >= 0.6 is 0 Å². The Balaban J connectivity index is 1.39. The number of piperidine rings is 1. The van der Waals surface area contributed by atoms with Crippen molar-refractivity contribution in [3.05, 3.63) is 36.0 Å². The van der Waals surface area contributed by atoms with Gasteiger partial charge in [-0.1, -0.05) is 6.07 Å². The van der Waals surface area contributed by atoms with E-state index in [1.54, 1.807) is 0 Å². The highest BCUT2D eigenvalue weighted by atomic mass is 19.1. The van der Waals surface area contributed by atoms with Crippen LogP contribution in [0.3, 0.4) is 0 Å². The molecular weight excluding hydrogens is 321 g/mol. The van der Waals surface area contributed by atoms with Gasteiger partial charge in [0.05, 0.1) is 6.67 Å². The van der Waals surface area contributed by atoms with E-state index >= 15 is 0 Å². The number of nitrogens with one attached hydrogen (secondary N) is 1. The first-order valence-corrected chi connectivity index (χ1v) is 8.87. The average molecular weight is 343 g/mol. The number of fused-ring (bicyclic) bond motifs is 1. The van der Waals surface area contributed by atoms with Gasteiger partial charge in [-0.3, -0.25) is 14.0 Å². The molecule has 1 atom stereocenters. The van der Waals surface area contributed by atoms with Gasteiger partial charge in [0.15, 0.2) is 0 Å². The lowest BCUT2D eigenvalue weighted by Crippen LogP contribution is -2.47. The number of carbonyl (C=O) groups is 2. The summed E-state index contributed by atoms with van der Waals surface area (Å²) in [6, 6.07) is 7.82. The van der Waals surface area contributed by atoms with Crippen LogP contribution in [-0.4, -0.2) is 58.9 Å². The van der Waals surface area contributed by atoms with E-state index in [-0.39, 0.29) is 23.8 Å². The fourth-order valence-corrected chi connectivity index (χ4v) is 4.01. The Morgan fingerprint density at radius 1 is 1.24 bits per heavy atom. The number of carbonyl (C=O) groups excluding carboxylic acids is 2. The second kappa shape index (κ2) is 6.50. The summed E-state index contributed by atoms with van der Waals surface area (Å²) in [7, 11) is 0.